The Hall–Kier alpha value is -1.85. The Balaban J connectivity index is 2.60. The molecule has 35 heavy (non-hydrogen) atoms. The lowest BCUT2D eigenvalue weighted by molar-refractivity contribution is -0.189. The zero-order valence-electron chi connectivity index (χ0n) is 22.6. The molecule has 0 N–H and O–H groups in total. The highest BCUT2D eigenvalue weighted by atomic mass is 16.6. The maximum atomic E-state index is 13.2. The fourth-order valence-corrected chi connectivity index (χ4v) is 4.74. The molecule has 0 spiro atoms. The van der Waals surface area contributed by atoms with Crippen molar-refractivity contribution in [2.45, 2.75) is 129 Å². The molecule has 0 aliphatic heterocycles. The quantitative estimate of drug-likeness (QED) is 0.0825. The van der Waals surface area contributed by atoms with Gasteiger partial charge in [0.25, 0.3) is 0 Å². The highest BCUT2D eigenvalue weighted by Crippen LogP contribution is 2.37. The SMILES string of the molecule is C=CC(=O)OC1(C(=O)OCC(CC)CCCC)CCCC(C(=O)OCCCCCCCCCC)C1. The Morgan fingerprint density at radius 2 is 1.60 bits per heavy atom. The molecule has 6 nitrogen and oxygen atoms in total. The number of unbranched alkanes of at least 4 members (excludes halogenated alkanes) is 8. The molecule has 0 heterocycles. The van der Waals surface area contributed by atoms with Crippen LogP contribution in [0.2, 0.25) is 0 Å². The van der Waals surface area contributed by atoms with Gasteiger partial charge in [0.15, 0.2) is 0 Å². The first-order valence-electron chi connectivity index (χ1n) is 14.1. The van der Waals surface area contributed by atoms with E-state index in [1.54, 1.807) is 0 Å². The van der Waals surface area contributed by atoms with Gasteiger partial charge in [-0.15, -0.1) is 0 Å². The molecule has 1 aliphatic carbocycles. The van der Waals surface area contributed by atoms with Gasteiger partial charge in [0.2, 0.25) is 5.60 Å². The summed E-state index contributed by atoms with van der Waals surface area (Å²) in [5.74, 6) is -1.74. The van der Waals surface area contributed by atoms with Crippen LogP contribution in [0.25, 0.3) is 0 Å². The molecule has 202 valence electrons. The molecule has 0 aromatic heterocycles. The van der Waals surface area contributed by atoms with Crippen LogP contribution in [0.15, 0.2) is 12.7 Å². The second-order valence-electron chi connectivity index (χ2n) is 10.1. The van der Waals surface area contributed by atoms with Crippen molar-refractivity contribution in [3.8, 4) is 0 Å². The lowest BCUT2D eigenvalue weighted by Crippen LogP contribution is -2.49. The molecule has 0 aromatic rings. The number of hydrogen-bond acceptors (Lipinski definition) is 6. The molecule has 3 unspecified atom stereocenters. The Morgan fingerprint density at radius 1 is 0.943 bits per heavy atom. The van der Waals surface area contributed by atoms with E-state index in [4.69, 9.17) is 14.2 Å². The van der Waals surface area contributed by atoms with Crippen LogP contribution in [0.3, 0.4) is 0 Å². The normalized spacial score (nSPS) is 20.6. The molecule has 1 rings (SSSR count). The maximum Gasteiger partial charge on any atom is 0.350 e. The van der Waals surface area contributed by atoms with E-state index in [1.165, 1.54) is 32.1 Å². The van der Waals surface area contributed by atoms with E-state index in [-0.39, 0.29) is 18.3 Å². The van der Waals surface area contributed by atoms with Crippen molar-refractivity contribution in [1.82, 2.24) is 0 Å². The number of rotatable bonds is 19. The second kappa shape index (κ2) is 18.4. The Bertz CT molecular complexity index is 631. The minimum atomic E-state index is -1.45. The van der Waals surface area contributed by atoms with Crippen molar-refractivity contribution in [3.63, 3.8) is 0 Å². The van der Waals surface area contributed by atoms with Crippen LogP contribution in [0.5, 0.6) is 0 Å². The minimum absolute atomic E-state index is 0.105. The second-order valence-corrected chi connectivity index (χ2v) is 10.1. The standard InChI is InChI=1S/C29H50O6/c1-5-9-11-12-13-14-15-16-21-33-27(31)25-19-17-20-29(22-25,35-26(30)8-4)28(32)34-23-24(7-3)18-10-6-2/h8,24-25H,4-7,9-23H2,1-3H3. The molecular weight excluding hydrogens is 444 g/mol. The summed E-state index contributed by atoms with van der Waals surface area (Å²) in [6.45, 7) is 10.6. The van der Waals surface area contributed by atoms with Crippen LogP contribution < -0.4 is 0 Å². The largest absolute Gasteiger partial charge is 0.465 e. The third-order valence-corrected chi connectivity index (χ3v) is 7.11. The molecule has 0 radical (unpaired) electrons. The van der Waals surface area contributed by atoms with Crippen LogP contribution in [-0.4, -0.2) is 36.7 Å². The van der Waals surface area contributed by atoms with E-state index >= 15 is 0 Å². The molecule has 0 bridgehead atoms. The van der Waals surface area contributed by atoms with Crippen LogP contribution >= 0.6 is 0 Å². The number of esters is 3. The maximum absolute atomic E-state index is 13.2. The lowest BCUT2D eigenvalue weighted by Gasteiger charge is -2.37. The van der Waals surface area contributed by atoms with Crippen LogP contribution in [0, 0.1) is 11.8 Å². The van der Waals surface area contributed by atoms with Gasteiger partial charge < -0.3 is 14.2 Å². The number of hydrogen-bond donors (Lipinski definition) is 0. The molecule has 3 atom stereocenters. The Labute approximate surface area is 213 Å². The highest BCUT2D eigenvalue weighted by molar-refractivity contribution is 5.88. The third-order valence-electron chi connectivity index (χ3n) is 7.11. The van der Waals surface area contributed by atoms with Gasteiger partial charge in [-0.1, -0.05) is 91.6 Å². The molecule has 0 amide bonds. The molecule has 1 fully saturated rings. The molecule has 6 heteroatoms. The van der Waals surface area contributed by atoms with Gasteiger partial charge >= 0.3 is 17.9 Å². The van der Waals surface area contributed by atoms with Crippen LogP contribution in [-0.2, 0) is 28.6 Å². The van der Waals surface area contributed by atoms with E-state index in [0.717, 1.165) is 51.0 Å². The first kappa shape index (κ1) is 31.2. The fraction of sp³-hybridized carbons (Fsp3) is 0.828. The van der Waals surface area contributed by atoms with E-state index in [2.05, 4.69) is 27.4 Å². The molecule has 1 aliphatic rings. The topological polar surface area (TPSA) is 78.9 Å². The summed E-state index contributed by atoms with van der Waals surface area (Å²) in [5.41, 5.74) is -1.45. The van der Waals surface area contributed by atoms with Crippen molar-refractivity contribution >= 4 is 17.9 Å². The highest BCUT2D eigenvalue weighted by Gasteiger charge is 2.49. The summed E-state index contributed by atoms with van der Waals surface area (Å²) in [5, 5.41) is 0. The zero-order chi connectivity index (χ0) is 25.9. The van der Waals surface area contributed by atoms with Gasteiger partial charge in [-0.2, -0.15) is 0 Å². The van der Waals surface area contributed by atoms with Gasteiger partial charge in [0.05, 0.1) is 19.1 Å². The predicted molar refractivity (Wildman–Crippen MR) is 139 cm³/mol. The van der Waals surface area contributed by atoms with Crippen LogP contribution in [0.1, 0.15) is 124 Å². The Kier molecular flexibility index (Phi) is 16.4. The summed E-state index contributed by atoms with van der Waals surface area (Å²) in [6, 6.07) is 0. The first-order valence-corrected chi connectivity index (χ1v) is 14.1. The summed E-state index contributed by atoms with van der Waals surface area (Å²) in [6.07, 6.45) is 16.2. The average Bonchev–Trinajstić information content (AvgIpc) is 2.87. The van der Waals surface area contributed by atoms with Crippen LogP contribution in [0.4, 0.5) is 0 Å². The Morgan fingerprint density at radius 3 is 2.23 bits per heavy atom. The fourth-order valence-electron chi connectivity index (χ4n) is 4.74. The van der Waals surface area contributed by atoms with E-state index < -0.39 is 23.5 Å². The summed E-state index contributed by atoms with van der Waals surface area (Å²) < 4.78 is 16.8. The van der Waals surface area contributed by atoms with Gasteiger partial charge in [0.1, 0.15) is 0 Å². The minimum Gasteiger partial charge on any atom is -0.465 e. The van der Waals surface area contributed by atoms with E-state index in [0.29, 0.717) is 32.5 Å². The van der Waals surface area contributed by atoms with Gasteiger partial charge in [-0.3, -0.25) is 4.79 Å². The summed E-state index contributed by atoms with van der Waals surface area (Å²) in [7, 11) is 0. The molecule has 1 saturated carbocycles. The van der Waals surface area contributed by atoms with Crippen molar-refractivity contribution in [1.29, 1.82) is 0 Å². The first-order chi connectivity index (χ1) is 16.9. The molecule has 0 aromatic carbocycles. The molecular formula is C29H50O6. The van der Waals surface area contributed by atoms with E-state index in [1.807, 2.05) is 0 Å². The van der Waals surface area contributed by atoms with Gasteiger partial charge in [0, 0.05) is 12.5 Å². The lowest BCUT2D eigenvalue weighted by atomic mass is 9.77. The monoisotopic (exact) mass is 494 g/mol. The van der Waals surface area contributed by atoms with Crippen molar-refractivity contribution in [3.05, 3.63) is 12.7 Å². The average molecular weight is 495 g/mol. The zero-order valence-corrected chi connectivity index (χ0v) is 22.6. The number of carbonyl (C=O) groups is 3. The van der Waals surface area contributed by atoms with Crippen molar-refractivity contribution in [2.24, 2.45) is 11.8 Å². The van der Waals surface area contributed by atoms with Crippen molar-refractivity contribution < 1.29 is 28.6 Å². The summed E-state index contributed by atoms with van der Waals surface area (Å²) >= 11 is 0. The summed E-state index contributed by atoms with van der Waals surface area (Å²) in [4.78, 5) is 38.0. The third kappa shape index (κ3) is 12.1. The van der Waals surface area contributed by atoms with Gasteiger partial charge in [-0.05, 0) is 38.0 Å². The predicted octanol–water partition coefficient (Wildman–Crippen LogP) is 7.09. The van der Waals surface area contributed by atoms with E-state index in [9.17, 15) is 14.4 Å². The molecule has 0 saturated heterocycles. The van der Waals surface area contributed by atoms with Gasteiger partial charge in [-0.25, -0.2) is 9.59 Å². The smallest absolute Gasteiger partial charge is 0.350 e. The van der Waals surface area contributed by atoms with Crippen molar-refractivity contribution in [2.75, 3.05) is 13.2 Å². The number of ether oxygens (including phenoxy) is 3. The number of carbonyl (C=O) groups excluding carboxylic acids is 3.